The fourth-order valence-corrected chi connectivity index (χ4v) is 4.83. The second kappa shape index (κ2) is 11.8. The van der Waals surface area contributed by atoms with Gasteiger partial charge in [-0.05, 0) is 60.6 Å². The molecule has 0 spiro atoms. The van der Waals surface area contributed by atoms with Gasteiger partial charge in [-0.1, -0.05) is 18.2 Å². The number of ether oxygens (including phenoxy) is 2. The first-order valence-corrected chi connectivity index (χ1v) is 13.4. The van der Waals surface area contributed by atoms with Crippen LogP contribution in [0.1, 0.15) is 36.4 Å². The minimum absolute atomic E-state index is 0.0293. The van der Waals surface area contributed by atoms with Crippen LogP contribution in [0.25, 0.3) is 0 Å². The van der Waals surface area contributed by atoms with Gasteiger partial charge in [-0.25, -0.2) is 26.7 Å². The number of rotatable bonds is 13. The number of hydrogen-bond donors (Lipinski definition) is 2. The van der Waals surface area contributed by atoms with Crippen molar-refractivity contribution >= 4 is 10.0 Å². The molecule has 0 saturated heterocycles. The molecule has 9 nitrogen and oxygen atoms in total. The minimum atomic E-state index is -3.86. The van der Waals surface area contributed by atoms with Crippen LogP contribution in [0.4, 0.5) is 8.78 Å². The molecule has 198 valence electrons. The van der Waals surface area contributed by atoms with Crippen LogP contribution in [0.5, 0.6) is 5.75 Å². The normalized spacial score (nSPS) is 14.4. The fourth-order valence-electron chi connectivity index (χ4n) is 3.58. The van der Waals surface area contributed by atoms with Gasteiger partial charge >= 0.3 is 5.69 Å². The maximum atomic E-state index is 14.3. The number of halogens is 2. The molecule has 0 bridgehead atoms. The SMILES string of the molecule is O=c1ccn(COCCCS(=O)(=O)N[C@H](c2ccc(F)cc2)c2ccc(F)c(OCC3CC3)c2)c(=O)[nH]1. The van der Waals surface area contributed by atoms with E-state index < -0.39 is 38.9 Å². The number of sulfonamides is 1. The van der Waals surface area contributed by atoms with Crippen LogP contribution in [0.2, 0.25) is 0 Å². The molecule has 0 unspecified atom stereocenters. The van der Waals surface area contributed by atoms with Crippen molar-refractivity contribution in [1.82, 2.24) is 14.3 Å². The van der Waals surface area contributed by atoms with E-state index in [9.17, 15) is 26.8 Å². The van der Waals surface area contributed by atoms with Crippen molar-refractivity contribution in [3.63, 3.8) is 0 Å². The average molecular weight is 536 g/mol. The molecule has 2 aromatic carbocycles. The van der Waals surface area contributed by atoms with Crippen molar-refractivity contribution in [3.05, 3.63) is 98.3 Å². The minimum Gasteiger partial charge on any atom is -0.490 e. The molecule has 0 aliphatic heterocycles. The lowest BCUT2D eigenvalue weighted by atomic mass is 9.99. The quantitative estimate of drug-likeness (QED) is 0.325. The van der Waals surface area contributed by atoms with Gasteiger partial charge in [-0.2, -0.15) is 0 Å². The summed E-state index contributed by atoms with van der Waals surface area (Å²) in [6, 6.07) is 9.76. The molecule has 0 amide bonds. The maximum absolute atomic E-state index is 14.3. The van der Waals surface area contributed by atoms with E-state index >= 15 is 0 Å². The van der Waals surface area contributed by atoms with Gasteiger partial charge in [0.05, 0.1) is 18.4 Å². The molecule has 3 aromatic rings. The highest BCUT2D eigenvalue weighted by molar-refractivity contribution is 7.89. The zero-order valence-electron chi connectivity index (χ0n) is 19.9. The molecule has 37 heavy (non-hydrogen) atoms. The van der Waals surface area contributed by atoms with E-state index in [1.165, 1.54) is 54.7 Å². The van der Waals surface area contributed by atoms with Gasteiger partial charge in [-0.15, -0.1) is 0 Å². The summed E-state index contributed by atoms with van der Waals surface area (Å²) >= 11 is 0. The molecule has 1 aromatic heterocycles. The third-order valence-corrected chi connectivity index (χ3v) is 7.21. The summed E-state index contributed by atoms with van der Waals surface area (Å²) in [6.07, 6.45) is 3.45. The molecule has 0 radical (unpaired) electrons. The van der Waals surface area contributed by atoms with Crippen LogP contribution >= 0.6 is 0 Å². The Kier molecular flexibility index (Phi) is 8.52. The standard InChI is InChI=1S/C25H27F2N3O6S/c26-20-7-4-18(5-8-20)24(19-6-9-21(27)22(14-19)36-15-17-2-3-17)29-37(33,34)13-1-12-35-16-30-11-10-23(31)28-25(30)32/h4-11,14,17,24,29H,1-3,12-13,15-16H2,(H,28,31,32)/t24-/m1/s1. The number of aromatic nitrogens is 2. The van der Waals surface area contributed by atoms with Crippen molar-refractivity contribution in [2.45, 2.75) is 32.0 Å². The van der Waals surface area contributed by atoms with E-state index in [2.05, 4.69) is 9.71 Å². The summed E-state index contributed by atoms with van der Waals surface area (Å²) in [7, 11) is -3.86. The first-order valence-electron chi connectivity index (χ1n) is 11.8. The summed E-state index contributed by atoms with van der Waals surface area (Å²) in [4.78, 5) is 24.9. The molecule has 2 N–H and O–H groups in total. The van der Waals surface area contributed by atoms with Crippen molar-refractivity contribution in [1.29, 1.82) is 0 Å². The molecule has 1 aliphatic carbocycles. The van der Waals surface area contributed by atoms with Gasteiger partial charge in [0.1, 0.15) is 12.5 Å². The highest BCUT2D eigenvalue weighted by Crippen LogP contribution is 2.32. The molecule has 1 saturated carbocycles. The molecular weight excluding hydrogens is 508 g/mol. The first-order chi connectivity index (χ1) is 17.7. The van der Waals surface area contributed by atoms with Gasteiger partial charge in [0, 0.05) is 18.9 Å². The van der Waals surface area contributed by atoms with Gasteiger partial charge < -0.3 is 9.47 Å². The molecule has 1 atom stereocenters. The van der Waals surface area contributed by atoms with E-state index in [0.29, 0.717) is 23.7 Å². The number of benzene rings is 2. The third kappa shape index (κ3) is 7.81. The highest BCUT2D eigenvalue weighted by atomic mass is 32.2. The van der Waals surface area contributed by atoms with E-state index in [0.717, 1.165) is 17.4 Å². The molecular formula is C25H27F2N3O6S. The molecule has 1 fully saturated rings. The van der Waals surface area contributed by atoms with Crippen molar-refractivity contribution in [2.24, 2.45) is 5.92 Å². The van der Waals surface area contributed by atoms with Crippen LogP contribution in [0.3, 0.4) is 0 Å². The molecule has 4 rings (SSSR count). The van der Waals surface area contributed by atoms with E-state index in [1.807, 2.05) is 0 Å². The predicted molar refractivity (Wildman–Crippen MR) is 132 cm³/mol. The number of H-pyrrole nitrogens is 1. The molecule has 12 heteroatoms. The maximum Gasteiger partial charge on any atom is 0.330 e. The zero-order valence-corrected chi connectivity index (χ0v) is 20.7. The Balaban J connectivity index is 1.42. The van der Waals surface area contributed by atoms with E-state index in [4.69, 9.17) is 9.47 Å². The lowest BCUT2D eigenvalue weighted by molar-refractivity contribution is 0.0744. The van der Waals surface area contributed by atoms with Crippen LogP contribution < -0.4 is 20.7 Å². The summed E-state index contributed by atoms with van der Waals surface area (Å²) in [5.74, 6) is -0.890. The Bertz CT molecular complexity index is 1440. The molecule has 1 aliphatic rings. The summed E-state index contributed by atoms with van der Waals surface area (Å²) < 4.78 is 68.4. The monoisotopic (exact) mass is 535 g/mol. The van der Waals surface area contributed by atoms with Crippen molar-refractivity contribution in [2.75, 3.05) is 19.0 Å². The van der Waals surface area contributed by atoms with Crippen LogP contribution in [-0.4, -0.2) is 36.9 Å². The second-order valence-corrected chi connectivity index (χ2v) is 10.7. The third-order valence-electron chi connectivity index (χ3n) is 5.79. The van der Waals surface area contributed by atoms with Crippen LogP contribution in [0.15, 0.2) is 64.3 Å². The van der Waals surface area contributed by atoms with Crippen molar-refractivity contribution in [3.8, 4) is 5.75 Å². The van der Waals surface area contributed by atoms with Crippen molar-refractivity contribution < 1.29 is 26.7 Å². The largest absolute Gasteiger partial charge is 0.490 e. The smallest absolute Gasteiger partial charge is 0.330 e. The lowest BCUT2D eigenvalue weighted by Crippen LogP contribution is -2.32. The van der Waals surface area contributed by atoms with E-state index in [-0.39, 0.29) is 31.3 Å². The summed E-state index contributed by atoms with van der Waals surface area (Å²) in [6.45, 7) is 0.266. The van der Waals surface area contributed by atoms with Crippen LogP contribution in [0, 0.1) is 17.6 Å². The number of hydrogen-bond acceptors (Lipinski definition) is 6. The molecule has 1 heterocycles. The Labute approximate surface area is 212 Å². The summed E-state index contributed by atoms with van der Waals surface area (Å²) in [5, 5.41) is 0. The van der Waals surface area contributed by atoms with Gasteiger partial charge in [0.25, 0.3) is 5.56 Å². The Hall–Kier alpha value is -3.35. The summed E-state index contributed by atoms with van der Waals surface area (Å²) in [5.41, 5.74) is -0.255. The lowest BCUT2D eigenvalue weighted by Gasteiger charge is -2.21. The van der Waals surface area contributed by atoms with Gasteiger partial charge in [0.2, 0.25) is 10.0 Å². The fraction of sp³-hybridized carbons (Fsp3) is 0.360. The van der Waals surface area contributed by atoms with Crippen LogP contribution in [-0.2, 0) is 21.5 Å². The zero-order chi connectivity index (χ0) is 26.4. The van der Waals surface area contributed by atoms with Gasteiger partial charge in [-0.3, -0.25) is 14.3 Å². The number of nitrogens with one attached hydrogen (secondary N) is 2. The van der Waals surface area contributed by atoms with E-state index in [1.54, 1.807) is 0 Å². The highest BCUT2D eigenvalue weighted by Gasteiger charge is 2.25. The topological polar surface area (TPSA) is 119 Å². The second-order valence-electron chi connectivity index (χ2n) is 8.84. The first kappa shape index (κ1) is 26.7. The Morgan fingerprint density at radius 2 is 1.78 bits per heavy atom. The Morgan fingerprint density at radius 1 is 1.05 bits per heavy atom. The average Bonchev–Trinajstić information content (AvgIpc) is 3.68. The van der Waals surface area contributed by atoms with Gasteiger partial charge in [0.15, 0.2) is 11.6 Å². The predicted octanol–water partition coefficient (Wildman–Crippen LogP) is 2.68. The number of nitrogens with zero attached hydrogens (tertiary/aromatic N) is 1. The Morgan fingerprint density at radius 3 is 2.49 bits per heavy atom. The number of aromatic amines is 1.